The molecule has 0 radical (unpaired) electrons. The lowest BCUT2D eigenvalue weighted by molar-refractivity contribution is 0.397. The molecule has 0 aliphatic rings. The first-order valence-corrected chi connectivity index (χ1v) is 6.74. The molecule has 0 saturated heterocycles. The van der Waals surface area contributed by atoms with Gasteiger partial charge in [0.05, 0.1) is 13.2 Å². The third-order valence-corrected chi connectivity index (χ3v) is 3.34. The predicted molar refractivity (Wildman–Crippen MR) is 73.0 cm³/mol. The summed E-state index contributed by atoms with van der Waals surface area (Å²) in [6.45, 7) is 4.25. The summed E-state index contributed by atoms with van der Waals surface area (Å²) in [7, 11) is 1.62. The van der Waals surface area contributed by atoms with Crippen molar-refractivity contribution in [2.24, 2.45) is 0 Å². The summed E-state index contributed by atoms with van der Waals surface area (Å²) in [5.74, 6) is 0.626. The maximum absolute atomic E-state index is 5.08. The number of methoxy groups -OCH3 is 1. The summed E-state index contributed by atoms with van der Waals surface area (Å²) in [6.07, 6.45) is 3.66. The third kappa shape index (κ3) is 3.05. The van der Waals surface area contributed by atoms with Crippen LogP contribution in [0.15, 0.2) is 29.9 Å². The molecule has 0 aliphatic heterocycles. The van der Waals surface area contributed by atoms with Crippen LogP contribution in [-0.4, -0.2) is 23.1 Å². The molecule has 2 heterocycles. The van der Waals surface area contributed by atoms with Gasteiger partial charge < -0.3 is 10.1 Å². The molecular weight excluding hydrogens is 246 g/mol. The zero-order valence-corrected chi connectivity index (χ0v) is 11.6. The van der Waals surface area contributed by atoms with Crippen LogP contribution >= 0.6 is 11.3 Å². The molecule has 0 saturated carbocycles. The van der Waals surface area contributed by atoms with Gasteiger partial charge >= 0.3 is 0 Å². The quantitative estimate of drug-likeness (QED) is 0.901. The molecule has 2 rings (SSSR count). The Labute approximate surface area is 111 Å². The highest BCUT2D eigenvalue weighted by Gasteiger charge is 2.17. The molecule has 0 aliphatic carbocycles. The second-order valence-electron chi connectivity index (χ2n) is 4.26. The van der Waals surface area contributed by atoms with Gasteiger partial charge in [0, 0.05) is 29.9 Å². The topological polar surface area (TPSA) is 47.0 Å². The SMILES string of the molecule is COc1ccc(C(NC(C)C)c2nccs2)cn1. The predicted octanol–water partition coefficient (Wildman–Crippen LogP) is 2.63. The van der Waals surface area contributed by atoms with Gasteiger partial charge in [-0.25, -0.2) is 9.97 Å². The van der Waals surface area contributed by atoms with Gasteiger partial charge in [0.1, 0.15) is 5.01 Å². The fourth-order valence-corrected chi connectivity index (χ4v) is 2.43. The van der Waals surface area contributed by atoms with Gasteiger partial charge in [-0.3, -0.25) is 0 Å². The summed E-state index contributed by atoms with van der Waals surface area (Å²) in [6, 6.07) is 4.36. The minimum atomic E-state index is 0.0865. The second kappa shape index (κ2) is 5.93. The van der Waals surface area contributed by atoms with Crippen molar-refractivity contribution < 1.29 is 4.74 Å². The third-order valence-electron chi connectivity index (χ3n) is 2.50. The molecule has 0 aromatic carbocycles. The van der Waals surface area contributed by atoms with E-state index in [9.17, 15) is 0 Å². The molecule has 2 aromatic heterocycles. The number of hydrogen-bond acceptors (Lipinski definition) is 5. The minimum absolute atomic E-state index is 0.0865. The van der Waals surface area contributed by atoms with E-state index in [4.69, 9.17) is 4.74 Å². The lowest BCUT2D eigenvalue weighted by Gasteiger charge is -2.19. The van der Waals surface area contributed by atoms with Crippen molar-refractivity contribution in [1.82, 2.24) is 15.3 Å². The Morgan fingerprint density at radius 3 is 2.61 bits per heavy atom. The largest absolute Gasteiger partial charge is 0.481 e. The molecule has 4 nitrogen and oxygen atoms in total. The van der Waals surface area contributed by atoms with Crippen LogP contribution in [0.5, 0.6) is 5.88 Å². The Morgan fingerprint density at radius 2 is 2.11 bits per heavy atom. The summed E-state index contributed by atoms with van der Waals surface area (Å²) in [5, 5.41) is 6.54. The number of nitrogens with one attached hydrogen (secondary N) is 1. The average molecular weight is 263 g/mol. The van der Waals surface area contributed by atoms with Gasteiger partial charge in [-0.15, -0.1) is 11.3 Å². The molecule has 1 atom stereocenters. The van der Waals surface area contributed by atoms with E-state index in [1.54, 1.807) is 18.4 Å². The van der Waals surface area contributed by atoms with Crippen molar-refractivity contribution in [1.29, 1.82) is 0 Å². The van der Waals surface area contributed by atoms with Crippen molar-refractivity contribution in [3.8, 4) is 5.88 Å². The number of thiazole rings is 1. The van der Waals surface area contributed by atoms with Gasteiger partial charge in [0.2, 0.25) is 5.88 Å². The Hall–Kier alpha value is -1.46. The van der Waals surface area contributed by atoms with Gasteiger partial charge in [-0.1, -0.05) is 6.07 Å². The first kappa shape index (κ1) is 13.0. The van der Waals surface area contributed by atoms with Crippen LogP contribution in [0.2, 0.25) is 0 Å². The molecular formula is C13H17N3OS. The maximum Gasteiger partial charge on any atom is 0.212 e. The van der Waals surface area contributed by atoms with Crippen LogP contribution in [-0.2, 0) is 0 Å². The van der Waals surface area contributed by atoms with E-state index in [2.05, 4.69) is 29.1 Å². The molecule has 0 amide bonds. The average Bonchev–Trinajstić information content (AvgIpc) is 2.89. The zero-order chi connectivity index (χ0) is 13.0. The van der Waals surface area contributed by atoms with Crippen molar-refractivity contribution in [2.75, 3.05) is 7.11 Å². The van der Waals surface area contributed by atoms with Gasteiger partial charge in [0.15, 0.2) is 0 Å². The smallest absolute Gasteiger partial charge is 0.212 e. The molecule has 1 N–H and O–H groups in total. The lowest BCUT2D eigenvalue weighted by Crippen LogP contribution is -2.28. The zero-order valence-electron chi connectivity index (χ0n) is 10.8. The van der Waals surface area contributed by atoms with E-state index >= 15 is 0 Å². The fourth-order valence-electron chi connectivity index (χ4n) is 1.70. The van der Waals surface area contributed by atoms with Crippen molar-refractivity contribution in [2.45, 2.75) is 25.9 Å². The van der Waals surface area contributed by atoms with Crippen molar-refractivity contribution >= 4 is 11.3 Å². The molecule has 96 valence electrons. The number of hydrogen-bond donors (Lipinski definition) is 1. The first-order valence-electron chi connectivity index (χ1n) is 5.86. The highest BCUT2D eigenvalue weighted by Crippen LogP contribution is 2.24. The Morgan fingerprint density at radius 1 is 1.28 bits per heavy atom. The van der Waals surface area contributed by atoms with Crippen LogP contribution in [0.1, 0.15) is 30.5 Å². The highest BCUT2D eigenvalue weighted by atomic mass is 32.1. The van der Waals surface area contributed by atoms with Crippen molar-refractivity contribution in [3.63, 3.8) is 0 Å². The Balaban J connectivity index is 2.27. The summed E-state index contributed by atoms with van der Waals surface area (Å²) in [5.41, 5.74) is 1.10. The molecule has 0 spiro atoms. The van der Waals surface area contributed by atoms with E-state index in [1.807, 2.05) is 29.9 Å². The first-order chi connectivity index (χ1) is 8.70. The van der Waals surface area contributed by atoms with E-state index in [0.717, 1.165) is 10.6 Å². The molecule has 1 unspecified atom stereocenters. The van der Waals surface area contributed by atoms with Gasteiger partial charge in [-0.2, -0.15) is 0 Å². The van der Waals surface area contributed by atoms with Crippen molar-refractivity contribution in [3.05, 3.63) is 40.5 Å². The number of ether oxygens (including phenoxy) is 1. The number of rotatable bonds is 5. The van der Waals surface area contributed by atoms with E-state index < -0.39 is 0 Å². The second-order valence-corrected chi connectivity index (χ2v) is 5.18. The van der Waals surface area contributed by atoms with E-state index in [-0.39, 0.29) is 6.04 Å². The standard InChI is InChI=1S/C13H17N3OS/c1-9(2)16-12(13-14-6-7-18-13)10-4-5-11(17-3)15-8-10/h4-9,12,16H,1-3H3. The van der Waals surface area contributed by atoms with Crippen LogP contribution in [0.4, 0.5) is 0 Å². The summed E-state index contributed by atoms with van der Waals surface area (Å²) in [4.78, 5) is 8.64. The normalized spacial score (nSPS) is 12.7. The van der Waals surface area contributed by atoms with E-state index in [1.165, 1.54) is 0 Å². The van der Waals surface area contributed by atoms with Crippen LogP contribution in [0.3, 0.4) is 0 Å². The monoisotopic (exact) mass is 263 g/mol. The number of aromatic nitrogens is 2. The minimum Gasteiger partial charge on any atom is -0.481 e. The van der Waals surface area contributed by atoms with Crippen LogP contribution in [0.25, 0.3) is 0 Å². The lowest BCUT2D eigenvalue weighted by atomic mass is 10.1. The molecule has 5 heteroatoms. The molecule has 2 aromatic rings. The van der Waals surface area contributed by atoms with Crippen LogP contribution < -0.4 is 10.1 Å². The molecule has 0 bridgehead atoms. The Bertz CT molecular complexity index is 467. The summed E-state index contributed by atoms with van der Waals surface area (Å²) >= 11 is 1.65. The summed E-state index contributed by atoms with van der Waals surface area (Å²) < 4.78 is 5.08. The maximum atomic E-state index is 5.08. The fraction of sp³-hybridized carbons (Fsp3) is 0.385. The number of pyridine rings is 1. The Kier molecular flexibility index (Phi) is 4.28. The molecule has 18 heavy (non-hydrogen) atoms. The van der Waals surface area contributed by atoms with E-state index in [0.29, 0.717) is 11.9 Å². The molecule has 0 fully saturated rings. The van der Waals surface area contributed by atoms with Crippen LogP contribution in [0, 0.1) is 0 Å². The van der Waals surface area contributed by atoms with Gasteiger partial charge in [0.25, 0.3) is 0 Å². The van der Waals surface area contributed by atoms with Gasteiger partial charge in [-0.05, 0) is 19.4 Å². The highest BCUT2D eigenvalue weighted by molar-refractivity contribution is 7.09. The number of nitrogens with zero attached hydrogens (tertiary/aromatic N) is 2.